The van der Waals surface area contributed by atoms with Crippen LogP contribution in [0.1, 0.15) is 54.8 Å². The van der Waals surface area contributed by atoms with Crippen molar-refractivity contribution in [3.05, 3.63) is 17.5 Å². The van der Waals surface area contributed by atoms with Crippen LogP contribution in [0.3, 0.4) is 0 Å². The zero-order chi connectivity index (χ0) is 17.2. The number of hydrogen-bond acceptors (Lipinski definition) is 5. The predicted octanol–water partition coefficient (Wildman–Crippen LogP) is 1.73. The van der Waals surface area contributed by atoms with Crippen molar-refractivity contribution in [1.82, 2.24) is 15.4 Å². The fourth-order valence-corrected chi connectivity index (χ4v) is 3.19. The maximum Gasteiger partial charge on any atom is 0.273 e. The van der Waals surface area contributed by atoms with Crippen LogP contribution in [0.4, 0.5) is 0 Å². The average Bonchev–Trinajstić information content (AvgIpc) is 3.53. The molecule has 2 saturated carbocycles. The maximum absolute atomic E-state index is 12.6. The summed E-state index contributed by atoms with van der Waals surface area (Å²) >= 11 is 0. The molecule has 1 aromatic rings. The first-order valence-electron chi connectivity index (χ1n) is 9.33. The van der Waals surface area contributed by atoms with Gasteiger partial charge in [0, 0.05) is 31.7 Å². The van der Waals surface area contributed by atoms with Gasteiger partial charge in [-0.2, -0.15) is 0 Å². The summed E-state index contributed by atoms with van der Waals surface area (Å²) in [6, 6.07) is 1.64. The third-order valence-corrected chi connectivity index (χ3v) is 5.07. The monoisotopic (exact) mass is 347 g/mol. The average molecular weight is 347 g/mol. The highest BCUT2D eigenvalue weighted by molar-refractivity contribution is 5.92. The second kappa shape index (κ2) is 7.15. The molecule has 0 aromatic carbocycles. The van der Waals surface area contributed by atoms with Gasteiger partial charge in [-0.1, -0.05) is 5.16 Å². The molecule has 136 valence electrons. The van der Waals surface area contributed by atoms with E-state index in [1.807, 2.05) is 0 Å². The lowest BCUT2D eigenvalue weighted by Crippen LogP contribution is -2.37. The third-order valence-electron chi connectivity index (χ3n) is 5.07. The molecule has 1 aromatic heterocycles. The van der Waals surface area contributed by atoms with E-state index in [-0.39, 0.29) is 29.5 Å². The van der Waals surface area contributed by atoms with Crippen molar-refractivity contribution in [3.63, 3.8) is 0 Å². The summed E-state index contributed by atoms with van der Waals surface area (Å²) in [5.74, 6) is 1.26. The Hall–Kier alpha value is -1.89. The molecule has 0 spiro atoms. The molecular formula is C18H25N3O4. The minimum atomic E-state index is -0.207. The number of nitrogens with one attached hydrogen (secondary N) is 1. The van der Waals surface area contributed by atoms with Crippen LogP contribution in [0.15, 0.2) is 10.6 Å². The lowest BCUT2D eigenvalue weighted by atomic mass is 10.2. The largest absolute Gasteiger partial charge is 0.376 e. The maximum atomic E-state index is 12.6. The van der Waals surface area contributed by atoms with Crippen LogP contribution in [0, 0.1) is 11.8 Å². The summed E-state index contributed by atoms with van der Waals surface area (Å²) in [7, 11) is 0. The van der Waals surface area contributed by atoms with Gasteiger partial charge in [-0.15, -0.1) is 0 Å². The number of ether oxygens (including phenoxy) is 1. The second-order valence-electron chi connectivity index (χ2n) is 7.46. The van der Waals surface area contributed by atoms with Crippen LogP contribution in [0.5, 0.6) is 0 Å². The van der Waals surface area contributed by atoms with Gasteiger partial charge in [0.25, 0.3) is 5.91 Å². The van der Waals surface area contributed by atoms with Crippen LogP contribution < -0.4 is 5.32 Å². The Bertz CT molecular complexity index is 630. The van der Waals surface area contributed by atoms with E-state index in [4.69, 9.17) is 9.26 Å². The Labute approximate surface area is 147 Å². The highest BCUT2D eigenvalue weighted by Gasteiger charge is 2.35. The first kappa shape index (κ1) is 16.6. The van der Waals surface area contributed by atoms with Crippen molar-refractivity contribution < 1.29 is 18.8 Å². The molecular weight excluding hydrogens is 322 g/mol. The molecule has 2 aliphatic carbocycles. The summed E-state index contributed by atoms with van der Waals surface area (Å²) in [6.45, 7) is 2.40. The van der Waals surface area contributed by atoms with Crippen molar-refractivity contribution in [2.75, 3.05) is 19.7 Å². The van der Waals surface area contributed by atoms with Gasteiger partial charge in [-0.3, -0.25) is 9.59 Å². The SMILES string of the molecule is O=C(NCC1CC1)c1cc(CN(CC2CCCO2)C(=O)C2CC2)on1. The van der Waals surface area contributed by atoms with Crippen LogP contribution in [-0.4, -0.2) is 47.7 Å². The summed E-state index contributed by atoms with van der Waals surface area (Å²) in [5.41, 5.74) is 0.284. The minimum absolute atomic E-state index is 0.104. The number of nitrogens with zero attached hydrogens (tertiary/aromatic N) is 2. The molecule has 2 amide bonds. The number of rotatable bonds is 8. The van der Waals surface area contributed by atoms with E-state index in [2.05, 4.69) is 10.5 Å². The van der Waals surface area contributed by atoms with Gasteiger partial charge >= 0.3 is 0 Å². The normalized spacial score (nSPS) is 22.8. The highest BCUT2D eigenvalue weighted by Crippen LogP contribution is 2.32. The summed E-state index contributed by atoms with van der Waals surface area (Å²) < 4.78 is 11.0. The molecule has 1 saturated heterocycles. The van der Waals surface area contributed by atoms with Gasteiger partial charge in [-0.05, 0) is 44.4 Å². The van der Waals surface area contributed by atoms with Crippen molar-refractivity contribution in [3.8, 4) is 0 Å². The Morgan fingerprint density at radius 3 is 2.76 bits per heavy atom. The Balaban J connectivity index is 1.36. The van der Waals surface area contributed by atoms with E-state index < -0.39 is 0 Å². The standard InChI is InChI=1S/C18H25N3O4/c22-17(19-9-12-3-4-12)16-8-15(25-20-16)11-21(18(23)13-5-6-13)10-14-2-1-7-24-14/h8,12-14H,1-7,9-11H2,(H,19,22). The first-order chi connectivity index (χ1) is 12.2. The molecule has 0 radical (unpaired) electrons. The smallest absolute Gasteiger partial charge is 0.273 e. The molecule has 1 unspecified atom stereocenters. The van der Waals surface area contributed by atoms with E-state index in [0.717, 1.165) is 32.3 Å². The summed E-state index contributed by atoms with van der Waals surface area (Å²) in [5, 5.41) is 6.74. The molecule has 7 heteroatoms. The molecule has 1 aliphatic heterocycles. The number of carbonyl (C=O) groups is 2. The lowest BCUT2D eigenvalue weighted by Gasteiger charge is -2.24. The molecule has 3 aliphatic rings. The Morgan fingerprint density at radius 1 is 1.24 bits per heavy atom. The molecule has 4 rings (SSSR count). The van der Waals surface area contributed by atoms with Gasteiger partial charge < -0.3 is 19.5 Å². The van der Waals surface area contributed by atoms with Crippen LogP contribution in [0.2, 0.25) is 0 Å². The zero-order valence-corrected chi connectivity index (χ0v) is 14.4. The fraction of sp³-hybridized carbons (Fsp3) is 0.722. The van der Waals surface area contributed by atoms with Crippen LogP contribution in [-0.2, 0) is 16.1 Å². The molecule has 1 atom stereocenters. The van der Waals surface area contributed by atoms with Crippen LogP contribution >= 0.6 is 0 Å². The molecule has 1 N–H and O–H groups in total. The number of carbonyl (C=O) groups excluding carboxylic acids is 2. The summed E-state index contributed by atoms with van der Waals surface area (Å²) in [6.07, 6.45) is 6.44. The highest BCUT2D eigenvalue weighted by atomic mass is 16.5. The van der Waals surface area contributed by atoms with E-state index >= 15 is 0 Å². The first-order valence-corrected chi connectivity index (χ1v) is 9.33. The van der Waals surface area contributed by atoms with E-state index in [9.17, 15) is 9.59 Å². The lowest BCUT2D eigenvalue weighted by molar-refractivity contribution is -0.135. The third kappa shape index (κ3) is 4.39. The quantitative estimate of drug-likeness (QED) is 0.774. The van der Waals surface area contributed by atoms with Crippen molar-refractivity contribution in [2.24, 2.45) is 11.8 Å². The van der Waals surface area contributed by atoms with E-state index in [0.29, 0.717) is 31.3 Å². The van der Waals surface area contributed by atoms with Crippen molar-refractivity contribution >= 4 is 11.8 Å². The fourth-order valence-electron chi connectivity index (χ4n) is 3.19. The molecule has 7 nitrogen and oxygen atoms in total. The van der Waals surface area contributed by atoms with Gasteiger partial charge in [-0.25, -0.2) is 0 Å². The zero-order valence-electron chi connectivity index (χ0n) is 14.4. The molecule has 25 heavy (non-hydrogen) atoms. The van der Waals surface area contributed by atoms with Crippen molar-refractivity contribution in [2.45, 2.75) is 51.2 Å². The van der Waals surface area contributed by atoms with Crippen molar-refractivity contribution in [1.29, 1.82) is 0 Å². The number of aromatic nitrogens is 1. The van der Waals surface area contributed by atoms with Gasteiger partial charge in [0.05, 0.1) is 12.6 Å². The van der Waals surface area contributed by atoms with Gasteiger partial charge in [0.2, 0.25) is 5.91 Å². The molecule has 2 heterocycles. The number of hydrogen-bond donors (Lipinski definition) is 1. The summed E-state index contributed by atoms with van der Waals surface area (Å²) in [4.78, 5) is 26.4. The van der Waals surface area contributed by atoms with Crippen LogP contribution in [0.25, 0.3) is 0 Å². The number of amides is 2. The predicted molar refractivity (Wildman–Crippen MR) is 88.7 cm³/mol. The second-order valence-corrected chi connectivity index (χ2v) is 7.46. The topological polar surface area (TPSA) is 84.7 Å². The van der Waals surface area contributed by atoms with Gasteiger partial charge in [0.1, 0.15) is 0 Å². The Kier molecular flexibility index (Phi) is 4.74. The van der Waals surface area contributed by atoms with E-state index in [1.54, 1.807) is 11.0 Å². The minimum Gasteiger partial charge on any atom is -0.376 e. The van der Waals surface area contributed by atoms with Gasteiger partial charge in [0.15, 0.2) is 11.5 Å². The molecule has 3 fully saturated rings. The molecule has 0 bridgehead atoms. The Morgan fingerprint density at radius 2 is 2.08 bits per heavy atom. The van der Waals surface area contributed by atoms with E-state index in [1.165, 1.54) is 12.8 Å².